The van der Waals surface area contributed by atoms with Crippen LogP contribution < -0.4 is 5.32 Å². The van der Waals surface area contributed by atoms with Crippen LogP contribution in [0.4, 0.5) is 5.82 Å². The molecule has 0 aliphatic rings. The third-order valence-corrected chi connectivity index (χ3v) is 3.15. The molecule has 4 nitrogen and oxygen atoms in total. The van der Waals surface area contributed by atoms with E-state index in [1.54, 1.807) is 11.3 Å². The van der Waals surface area contributed by atoms with Crippen LogP contribution in [0, 0.1) is 0 Å². The lowest BCUT2D eigenvalue weighted by molar-refractivity contribution is -0.111. The maximum atomic E-state index is 11.5. The van der Waals surface area contributed by atoms with Gasteiger partial charge in [0.05, 0.1) is 5.01 Å². The first-order valence-corrected chi connectivity index (χ1v) is 6.44. The van der Waals surface area contributed by atoms with E-state index < -0.39 is 0 Å². The smallest absolute Gasteiger partial charge is 0.249 e. The van der Waals surface area contributed by atoms with E-state index in [9.17, 15) is 4.79 Å². The Morgan fingerprint density at radius 2 is 2.29 bits per heavy atom. The van der Waals surface area contributed by atoms with Crippen LogP contribution in [-0.4, -0.2) is 36.4 Å². The van der Waals surface area contributed by atoms with E-state index in [0.29, 0.717) is 11.7 Å². The Bertz CT molecular complexity index is 396. The summed E-state index contributed by atoms with van der Waals surface area (Å²) in [4.78, 5) is 17.8. The Balaban J connectivity index is 2.47. The van der Waals surface area contributed by atoms with Crippen LogP contribution in [0.1, 0.15) is 24.8 Å². The molecule has 0 saturated carbocycles. The predicted octanol–water partition coefficient (Wildman–Crippen LogP) is 2.32. The highest BCUT2D eigenvalue weighted by molar-refractivity contribution is 7.10. The van der Waals surface area contributed by atoms with Crippen molar-refractivity contribution in [1.82, 2.24) is 9.88 Å². The summed E-state index contributed by atoms with van der Waals surface area (Å²) >= 11 is 1.57. The molecule has 0 bridgehead atoms. The maximum absolute atomic E-state index is 11.5. The Hall–Kier alpha value is -1.20. The first-order valence-electron chi connectivity index (χ1n) is 5.56. The topological polar surface area (TPSA) is 45.2 Å². The number of hydrogen-bond acceptors (Lipinski definition) is 4. The Labute approximate surface area is 106 Å². The van der Waals surface area contributed by atoms with Gasteiger partial charge >= 0.3 is 0 Å². The lowest BCUT2D eigenvalue weighted by Crippen LogP contribution is -2.13. The molecular weight excluding hydrogens is 234 g/mol. The zero-order valence-electron chi connectivity index (χ0n) is 10.7. The van der Waals surface area contributed by atoms with Gasteiger partial charge in [-0.15, -0.1) is 11.3 Å². The standard InChI is InChI=1S/C12H19N3OS/c1-9(2)12-14-10(8-17-12)13-11(16)6-5-7-15(3)4/h5-6,8-9H,7H2,1-4H3,(H,13,16)/b6-5+. The van der Waals surface area contributed by atoms with E-state index in [2.05, 4.69) is 24.1 Å². The minimum atomic E-state index is -0.132. The van der Waals surface area contributed by atoms with Crippen LogP contribution in [0.5, 0.6) is 0 Å². The molecule has 0 fully saturated rings. The van der Waals surface area contributed by atoms with E-state index >= 15 is 0 Å². The molecule has 1 aromatic rings. The van der Waals surface area contributed by atoms with Crippen molar-refractivity contribution >= 4 is 23.1 Å². The fraction of sp³-hybridized carbons (Fsp3) is 0.500. The van der Waals surface area contributed by atoms with Crippen LogP contribution in [0.2, 0.25) is 0 Å². The van der Waals surface area contributed by atoms with Crippen LogP contribution in [0.25, 0.3) is 0 Å². The Kier molecular flexibility index (Phi) is 5.31. The summed E-state index contributed by atoms with van der Waals surface area (Å²) in [6.45, 7) is 4.92. The molecule has 1 heterocycles. The van der Waals surface area contributed by atoms with Gasteiger partial charge in [0, 0.05) is 23.9 Å². The number of nitrogens with one attached hydrogen (secondary N) is 1. The van der Waals surface area contributed by atoms with Crippen molar-refractivity contribution in [2.24, 2.45) is 0 Å². The highest BCUT2D eigenvalue weighted by Gasteiger charge is 2.06. The number of thiazole rings is 1. The van der Waals surface area contributed by atoms with Gasteiger partial charge in [-0.25, -0.2) is 4.98 Å². The van der Waals surface area contributed by atoms with E-state index in [1.165, 1.54) is 6.08 Å². The quantitative estimate of drug-likeness (QED) is 0.819. The van der Waals surface area contributed by atoms with Crippen LogP contribution in [-0.2, 0) is 4.79 Å². The monoisotopic (exact) mass is 253 g/mol. The van der Waals surface area contributed by atoms with E-state index in [-0.39, 0.29) is 5.91 Å². The SMILES string of the molecule is CC(C)c1nc(NC(=O)/C=C/CN(C)C)cs1. The molecule has 0 atom stereocenters. The van der Waals surface area contributed by atoms with Crippen molar-refractivity contribution < 1.29 is 4.79 Å². The number of anilines is 1. The summed E-state index contributed by atoms with van der Waals surface area (Å²) < 4.78 is 0. The molecule has 17 heavy (non-hydrogen) atoms. The number of nitrogens with zero attached hydrogens (tertiary/aromatic N) is 2. The summed E-state index contributed by atoms with van der Waals surface area (Å²) in [5.74, 6) is 0.903. The summed E-state index contributed by atoms with van der Waals surface area (Å²) in [6.07, 6.45) is 3.36. The molecule has 94 valence electrons. The normalized spacial score (nSPS) is 11.6. The van der Waals surface area contributed by atoms with Crippen molar-refractivity contribution in [3.8, 4) is 0 Å². The van der Waals surface area contributed by atoms with E-state index in [4.69, 9.17) is 0 Å². The second-order valence-electron chi connectivity index (χ2n) is 4.38. The molecular formula is C12H19N3OS. The molecule has 0 unspecified atom stereocenters. The average molecular weight is 253 g/mol. The van der Waals surface area contributed by atoms with Gasteiger partial charge in [0.25, 0.3) is 0 Å². The van der Waals surface area contributed by atoms with Crippen molar-refractivity contribution in [3.05, 3.63) is 22.5 Å². The molecule has 0 radical (unpaired) electrons. The molecule has 1 N–H and O–H groups in total. The van der Waals surface area contributed by atoms with Crippen LogP contribution >= 0.6 is 11.3 Å². The molecule has 1 aromatic heterocycles. The molecule has 5 heteroatoms. The van der Waals surface area contributed by atoms with E-state index in [1.807, 2.05) is 30.5 Å². The zero-order valence-corrected chi connectivity index (χ0v) is 11.5. The largest absolute Gasteiger partial charge is 0.306 e. The third kappa shape index (κ3) is 5.10. The Morgan fingerprint density at radius 1 is 1.59 bits per heavy atom. The number of aromatic nitrogens is 1. The molecule has 1 rings (SSSR count). The fourth-order valence-electron chi connectivity index (χ4n) is 1.15. The maximum Gasteiger partial charge on any atom is 0.249 e. The fourth-order valence-corrected chi connectivity index (χ4v) is 1.92. The molecule has 1 amide bonds. The lowest BCUT2D eigenvalue weighted by atomic mass is 10.2. The molecule has 0 aliphatic carbocycles. The second kappa shape index (κ2) is 6.51. The minimum absolute atomic E-state index is 0.132. The van der Waals surface area contributed by atoms with Crippen LogP contribution in [0.15, 0.2) is 17.5 Å². The van der Waals surface area contributed by atoms with Gasteiger partial charge in [-0.1, -0.05) is 19.9 Å². The Morgan fingerprint density at radius 3 is 2.82 bits per heavy atom. The minimum Gasteiger partial charge on any atom is -0.306 e. The number of likely N-dealkylation sites (N-methyl/N-ethyl adjacent to an activating group) is 1. The zero-order chi connectivity index (χ0) is 12.8. The summed E-state index contributed by atoms with van der Waals surface area (Å²) in [7, 11) is 3.91. The van der Waals surface area contributed by atoms with Gasteiger partial charge < -0.3 is 10.2 Å². The van der Waals surface area contributed by atoms with Gasteiger partial charge in [-0.2, -0.15) is 0 Å². The van der Waals surface area contributed by atoms with Crippen molar-refractivity contribution in [2.45, 2.75) is 19.8 Å². The molecule has 0 spiro atoms. The van der Waals surface area contributed by atoms with Gasteiger partial charge in [-0.05, 0) is 14.1 Å². The lowest BCUT2D eigenvalue weighted by Gasteiger charge is -2.03. The van der Waals surface area contributed by atoms with E-state index in [0.717, 1.165) is 11.6 Å². The summed E-state index contributed by atoms with van der Waals surface area (Å²) in [6, 6.07) is 0. The second-order valence-corrected chi connectivity index (χ2v) is 5.27. The summed E-state index contributed by atoms with van der Waals surface area (Å²) in [5, 5.41) is 5.65. The number of amides is 1. The van der Waals surface area contributed by atoms with Crippen molar-refractivity contribution in [3.63, 3.8) is 0 Å². The van der Waals surface area contributed by atoms with Gasteiger partial charge in [0.2, 0.25) is 5.91 Å². The summed E-state index contributed by atoms with van der Waals surface area (Å²) in [5.41, 5.74) is 0. The first-order chi connectivity index (χ1) is 7.99. The first kappa shape index (κ1) is 13.9. The van der Waals surface area contributed by atoms with Crippen molar-refractivity contribution in [1.29, 1.82) is 0 Å². The number of carbonyl (C=O) groups is 1. The molecule has 0 saturated heterocycles. The number of rotatable bonds is 5. The highest BCUT2D eigenvalue weighted by Crippen LogP contribution is 2.21. The number of hydrogen-bond donors (Lipinski definition) is 1. The van der Waals surface area contributed by atoms with Crippen molar-refractivity contribution in [2.75, 3.05) is 26.0 Å². The predicted molar refractivity (Wildman–Crippen MR) is 72.5 cm³/mol. The highest BCUT2D eigenvalue weighted by atomic mass is 32.1. The van der Waals surface area contributed by atoms with Gasteiger partial charge in [0.1, 0.15) is 5.82 Å². The van der Waals surface area contributed by atoms with Gasteiger partial charge in [-0.3, -0.25) is 4.79 Å². The van der Waals surface area contributed by atoms with Gasteiger partial charge in [0.15, 0.2) is 0 Å². The number of carbonyl (C=O) groups excluding carboxylic acids is 1. The van der Waals surface area contributed by atoms with Crippen LogP contribution in [0.3, 0.4) is 0 Å². The third-order valence-electron chi connectivity index (χ3n) is 2.01. The molecule has 0 aromatic carbocycles. The average Bonchev–Trinajstić information content (AvgIpc) is 2.65. The molecule has 0 aliphatic heterocycles.